The lowest BCUT2D eigenvalue weighted by Crippen LogP contribution is -2.20. The first-order valence-electron chi connectivity index (χ1n) is 9.78. The van der Waals surface area contributed by atoms with Crippen LogP contribution in [-0.4, -0.2) is 19.1 Å². The molecule has 0 spiro atoms. The van der Waals surface area contributed by atoms with E-state index in [0.717, 1.165) is 22.5 Å². The van der Waals surface area contributed by atoms with Crippen molar-refractivity contribution in [1.29, 1.82) is 0 Å². The lowest BCUT2D eigenvalue weighted by Gasteiger charge is -2.14. The van der Waals surface area contributed by atoms with Crippen molar-refractivity contribution in [3.63, 3.8) is 0 Å². The van der Waals surface area contributed by atoms with Crippen molar-refractivity contribution in [1.82, 2.24) is 0 Å². The van der Waals surface area contributed by atoms with Crippen molar-refractivity contribution in [2.24, 2.45) is 0 Å². The van der Waals surface area contributed by atoms with Gasteiger partial charge in [-0.25, -0.2) is 0 Å². The largest absolute Gasteiger partial charge is 0.490 e. The summed E-state index contributed by atoms with van der Waals surface area (Å²) >= 11 is 5.92. The topological polar surface area (TPSA) is 59.6 Å². The average Bonchev–Trinajstić information content (AvgIpc) is 2.74. The first-order valence-corrected chi connectivity index (χ1v) is 10.2. The minimum absolute atomic E-state index is 0.101. The molecule has 0 fully saturated rings. The fraction of sp³-hybridized carbons (Fsp3) is 0.208. The van der Waals surface area contributed by atoms with Crippen molar-refractivity contribution in [2.45, 2.75) is 20.4 Å². The second kappa shape index (κ2) is 10.6. The molecular formula is C24H25ClN2O3. The van der Waals surface area contributed by atoms with Gasteiger partial charge in [-0.15, -0.1) is 0 Å². The Labute approximate surface area is 182 Å². The molecule has 0 unspecified atom stereocenters. The van der Waals surface area contributed by atoms with Gasteiger partial charge in [0.1, 0.15) is 0 Å². The predicted molar refractivity (Wildman–Crippen MR) is 122 cm³/mol. The van der Waals surface area contributed by atoms with Crippen LogP contribution in [0.5, 0.6) is 11.5 Å². The summed E-state index contributed by atoms with van der Waals surface area (Å²) in [6.07, 6.45) is 0. The van der Waals surface area contributed by atoms with Gasteiger partial charge in [-0.3, -0.25) is 4.79 Å². The first kappa shape index (κ1) is 21.5. The van der Waals surface area contributed by atoms with Gasteiger partial charge in [0.05, 0.1) is 6.61 Å². The normalized spacial score (nSPS) is 10.4. The summed E-state index contributed by atoms with van der Waals surface area (Å²) in [5, 5.41) is 6.86. The second-order valence-electron chi connectivity index (χ2n) is 6.78. The van der Waals surface area contributed by atoms with Gasteiger partial charge in [-0.2, -0.15) is 0 Å². The molecule has 0 saturated heterocycles. The van der Waals surface area contributed by atoms with E-state index in [1.165, 1.54) is 0 Å². The number of amides is 1. The number of carbonyl (C=O) groups excluding carboxylic acids is 1. The van der Waals surface area contributed by atoms with Gasteiger partial charge in [0.2, 0.25) is 0 Å². The van der Waals surface area contributed by atoms with E-state index in [1.807, 2.05) is 80.6 Å². The maximum Gasteiger partial charge on any atom is 0.262 e. The molecule has 3 aromatic rings. The van der Waals surface area contributed by atoms with Gasteiger partial charge in [0, 0.05) is 22.9 Å². The summed E-state index contributed by atoms with van der Waals surface area (Å²) in [5.41, 5.74) is 3.88. The Morgan fingerprint density at radius 2 is 1.60 bits per heavy atom. The molecule has 3 rings (SSSR count). The van der Waals surface area contributed by atoms with Gasteiger partial charge in [-0.1, -0.05) is 35.4 Å². The quantitative estimate of drug-likeness (QED) is 0.464. The first-order chi connectivity index (χ1) is 14.5. The molecule has 30 heavy (non-hydrogen) atoms. The number of carbonyl (C=O) groups is 1. The molecule has 0 aliphatic heterocycles. The van der Waals surface area contributed by atoms with Crippen molar-refractivity contribution >= 4 is 28.9 Å². The summed E-state index contributed by atoms with van der Waals surface area (Å²) in [7, 11) is 0. The van der Waals surface area contributed by atoms with Crippen molar-refractivity contribution < 1.29 is 14.3 Å². The summed E-state index contributed by atoms with van der Waals surface area (Å²) in [6.45, 7) is 4.93. The van der Waals surface area contributed by atoms with Crippen LogP contribution in [-0.2, 0) is 11.3 Å². The van der Waals surface area contributed by atoms with Crippen LogP contribution in [0, 0.1) is 6.92 Å². The van der Waals surface area contributed by atoms with Crippen LogP contribution in [0.4, 0.5) is 11.4 Å². The zero-order chi connectivity index (χ0) is 21.3. The van der Waals surface area contributed by atoms with E-state index in [-0.39, 0.29) is 12.5 Å². The number of hydrogen-bond donors (Lipinski definition) is 2. The Hall–Kier alpha value is -3.18. The van der Waals surface area contributed by atoms with E-state index in [2.05, 4.69) is 10.6 Å². The molecule has 2 N–H and O–H groups in total. The molecule has 0 atom stereocenters. The van der Waals surface area contributed by atoms with Crippen molar-refractivity contribution in [3.8, 4) is 11.5 Å². The molecule has 0 radical (unpaired) electrons. The molecule has 156 valence electrons. The summed E-state index contributed by atoms with van der Waals surface area (Å²) in [5.74, 6) is 0.914. The summed E-state index contributed by atoms with van der Waals surface area (Å²) in [6, 6.07) is 20.8. The molecule has 0 aromatic heterocycles. The monoisotopic (exact) mass is 424 g/mol. The summed E-state index contributed by atoms with van der Waals surface area (Å²) < 4.78 is 11.4. The van der Waals surface area contributed by atoms with Crippen LogP contribution < -0.4 is 20.1 Å². The highest BCUT2D eigenvalue weighted by Crippen LogP contribution is 2.29. The molecule has 0 aliphatic rings. The molecule has 0 bridgehead atoms. The molecule has 0 saturated carbocycles. The lowest BCUT2D eigenvalue weighted by atomic mass is 10.2. The maximum absolute atomic E-state index is 12.2. The number of rotatable bonds is 9. The van der Waals surface area contributed by atoms with E-state index in [4.69, 9.17) is 21.1 Å². The number of aryl methyl sites for hydroxylation is 1. The highest BCUT2D eigenvalue weighted by Gasteiger charge is 2.10. The number of nitrogens with one attached hydrogen (secondary N) is 2. The standard InChI is InChI=1S/C24H25ClN2O3/c1-3-29-23-14-18(15-26-20-11-7-19(25)8-12-20)6-13-22(23)30-16-24(28)27-21-9-4-17(2)5-10-21/h4-14,26H,3,15-16H2,1-2H3,(H,27,28). The summed E-state index contributed by atoms with van der Waals surface area (Å²) in [4.78, 5) is 12.2. The van der Waals surface area contributed by atoms with Gasteiger partial charge >= 0.3 is 0 Å². The highest BCUT2D eigenvalue weighted by molar-refractivity contribution is 6.30. The van der Waals surface area contributed by atoms with Gasteiger partial charge in [0.25, 0.3) is 5.91 Å². The number of benzene rings is 3. The van der Waals surface area contributed by atoms with Gasteiger partial charge in [0.15, 0.2) is 18.1 Å². The third kappa shape index (κ3) is 6.42. The van der Waals surface area contributed by atoms with Gasteiger partial charge < -0.3 is 20.1 Å². The Bertz CT molecular complexity index is 973. The van der Waals surface area contributed by atoms with Crippen LogP contribution in [0.3, 0.4) is 0 Å². The van der Waals surface area contributed by atoms with Crippen LogP contribution in [0.25, 0.3) is 0 Å². The minimum Gasteiger partial charge on any atom is -0.490 e. The van der Waals surface area contributed by atoms with E-state index in [0.29, 0.717) is 29.7 Å². The van der Waals surface area contributed by atoms with Crippen LogP contribution in [0.15, 0.2) is 66.7 Å². The highest BCUT2D eigenvalue weighted by atomic mass is 35.5. The number of ether oxygens (including phenoxy) is 2. The van der Waals surface area contributed by atoms with Crippen LogP contribution in [0.1, 0.15) is 18.1 Å². The fourth-order valence-corrected chi connectivity index (χ4v) is 2.93. The second-order valence-corrected chi connectivity index (χ2v) is 7.21. The molecule has 6 heteroatoms. The Morgan fingerprint density at radius 3 is 2.30 bits per heavy atom. The molecule has 3 aromatic carbocycles. The fourth-order valence-electron chi connectivity index (χ4n) is 2.80. The van der Waals surface area contributed by atoms with Crippen molar-refractivity contribution in [2.75, 3.05) is 23.8 Å². The predicted octanol–water partition coefficient (Wildman–Crippen LogP) is 5.68. The molecule has 5 nitrogen and oxygen atoms in total. The lowest BCUT2D eigenvalue weighted by molar-refractivity contribution is -0.118. The van der Waals surface area contributed by atoms with Crippen LogP contribution in [0.2, 0.25) is 5.02 Å². The number of hydrogen-bond acceptors (Lipinski definition) is 4. The molecule has 0 heterocycles. The molecule has 1 amide bonds. The Balaban J connectivity index is 1.59. The van der Waals surface area contributed by atoms with E-state index < -0.39 is 0 Å². The number of halogens is 1. The Kier molecular flexibility index (Phi) is 7.57. The smallest absolute Gasteiger partial charge is 0.262 e. The van der Waals surface area contributed by atoms with Crippen LogP contribution >= 0.6 is 11.6 Å². The molecule has 0 aliphatic carbocycles. The van der Waals surface area contributed by atoms with E-state index in [9.17, 15) is 4.79 Å². The average molecular weight is 425 g/mol. The van der Waals surface area contributed by atoms with Crippen molar-refractivity contribution in [3.05, 3.63) is 82.9 Å². The van der Waals surface area contributed by atoms with E-state index >= 15 is 0 Å². The maximum atomic E-state index is 12.2. The zero-order valence-electron chi connectivity index (χ0n) is 17.1. The van der Waals surface area contributed by atoms with Gasteiger partial charge in [-0.05, 0) is 67.9 Å². The number of anilines is 2. The van der Waals surface area contributed by atoms with E-state index in [1.54, 1.807) is 0 Å². The SMILES string of the molecule is CCOc1cc(CNc2ccc(Cl)cc2)ccc1OCC(=O)Nc1ccc(C)cc1. The third-order valence-corrected chi connectivity index (χ3v) is 4.59. The minimum atomic E-state index is -0.227. The molecular weight excluding hydrogens is 400 g/mol. The third-order valence-electron chi connectivity index (χ3n) is 4.34. The Morgan fingerprint density at radius 1 is 0.900 bits per heavy atom. The zero-order valence-corrected chi connectivity index (χ0v) is 17.8.